The second kappa shape index (κ2) is 10.2. The third-order valence-corrected chi connectivity index (χ3v) is 2.49. The normalized spacial score (nSPS) is 14.9. The Hall–Kier alpha value is -0.0100. The summed E-state index contributed by atoms with van der Waals surface area (Å²) in [5.74, 6) is 0. The number of ether oxygens (including phenoxy) is 3. The van der Waals surface area contributed by atoms with Crippen LogP contribution in [-0.4, -0.2) is 58.8 Å². The fourth-order valence-corrected chi connectivity index (χ4v) is 1.14. The summed E-state index contributed by atoms with van der Waals surface area (Å²) in [6.07, 6.45) is 0. The number of methoxy groups -OCH3 is 1. The van der Waals surface area contributed by atoms with E-state index < -0.39 is 7.82 Å². The van der Waals surface area contributed by atoms with Gasteiger partial charge < -0.3 is 19.1 Å². The second-order valence-electron chi connectivity index (χ2n) is 2.70. The van der Waals surface area contributed by atoms with E-state index in [9.17, 15) is 4.57 Å². The van der Waals surface area contributed by atoms with Crippen molar-refractivity contribution in [2.75, 3.05) is 53.9 Å². The molecule has 0 amide bonds. The van der Waals surface area contributed by atoms with Crippen LogP contribution < -0.4 is 0 Å². The van der Waals surface area contributed by atoms with Gasteiger partial charge in [-0.2, -0.15) is 0 Å². The van der Waals surface area contributed by atoms with Crippen LogP contribution in [0.2, 0.25) is 0 Å². The molecule has 98 valence electrons. The van der Waals surface area contributed by atoms with Gasteiger partial charge in [-0.3, -0.25) is 9.05 Å². The molecule has 1 atom stereocenters. The summed E-state index contributed by atoms with van der Waals surface area (Å²) in [7, 11) is -1.17. The highest BCUT2D eigenvalue weighted by Gasteiger charge is 2.17. The average Bonchev–Trinajstić information content (AvgIpc) is 2.27. The highest BCUT2D eigenvalue weighted by molar-refractivity contribution is 7.47. The standard InChI is InChI=1S/C8H19O7P/c1-11-3-4-13-5-6-14-7-8-15-16(9,10)12-2/h3-8H2,1-2H3,(H,9,10). The first-order chi connectivity index (χ1) is 7.62. The molecule has 0 rings (SSSR count). The summed E-state index contributed by atoms with van der Waals surface area (Å²) < 4.78 is 34.5. The van der Waals surface area contributed by atoms with E-state index in [1.807, 2.05) is 0 Å². The molecule has 8 heteroatoms. The third kappa shape index (κ3) is 10.5. The van der Waals surface area contributed by atoms with Crippen molar-refractivity contribution in [3.05, 3.63) is 0 Å². The molecule has 16 heavy (non-hydrogen) atoms. The maximum atomic E-state index is 10.8. The quantitative estimate of drug-likeness (QED) is 0.425. The van der Waals surface area contributed by atoms with Gasteiger partial charge in [0, 0.05) is 14.2 Å². The summed E-state index contributed by atoms with van der Waals surface area (Å²) in [6, 6.07) is 0. The number of hydrogen-bond donors (Lipinski definition) is 1. The lowest BCUT2D eigenvalue weighted by Crippen LogP contribution is -2.11. The molecule has 0 saturated heterocycles. The summed E-state index contributed by atoms with van der Waals surface area (Å²) in [6.45, 7) is 2.12. The first-order valence-corrected chi connectivity index (χ1v) is 6.29. The molecule has 0 aliphatic rings. The summed E-state index contributed by atoms with van der Waals surface area (Å²) in [5.41, 5.74) is 0. The molecule has 1 unspecified atom stereocenters. The lowest BCUT2D eigenvalue weighted by molar-refractivity contribution is 0.0150. The first kappa shape index (κ1) is 16.0. The minimum atomic E-state index is -3.87. The van der Waals surface area contributed by atoms with Gasteiger partial charge in [-0.15, -0.1) is 0 Å². The van der Waals surface area contributed by atoms with E-state index in [4.69, 9.17) is 19.1 Å². The Balaban J connectivity index is 3.13. The monoisotopic (exact) mass is 258 g/mol. The second-order valence-corrected chi connectivity index (χ2v) is 4.26. The molecule has 0 bridgehead atoms. The summed E-state index contributed by atoms with van der Waals surface area (Å²) in [4.78, 5) is 8.84. The first-order valence-electron chi connectivity index (χ1n) is 4.80. The highest BCUT2D eigenvalue weighted by atomic mass is 31.2. The van der Waals surface area contributed by atoms with Crippen LogP contribution in [0.15, 0.2) is 0 Å². The van der Waals surface area contributed by atoms with Crippen LogP contribution in [0.4, 0.5) is 0 Å². The van der Waals surface area contributed by atoms with Crippen LogP contribution in [0.5, 0.6) is 0 Å². The number of hydrogen-bond acceptors (Lipinski definition) is 6. The lowest BCUT2D eigenvalue weighted by Gasteiger charge is -2.09. The zero-order valence-corrected chi connectivity index (χ0v) is 10.5. The van der Waals surface area contributed by atoms with Crippen LogP contribution in [0, 0.1) is 0 Å². The lowest BCUT2D eigenvalue weighted by atomic mass is 10.7. The fraction of sp³-hybridized carbons (Fsp3) is 1.00. The maximum Gasteiger partial charge on any atom is 0.471 e. The van der Waals surface area contributed by atoms with Crippen molar-refractivity contribution >= 4 is 7.82 Å². The number of phosphoric ester groups is 1. The number of phosphoric acid groups is 1. The summed E-state index contributed by atoms with van der Waals surface area (Å²) in [5, 5.41) is 0. The molecule has 0 heterocycles. The van der Waals surface area contributed by atoms with Crippen LogP contribution in [0.3, 0.4) is 0 Å². The van der Waals surface area contributed by atoms with E-state index >= 15 is 0 Å². The molecule has 0 fully saturated rings. The molecular formula is C8H19O7P. The van der Waals surface area contributed by atoms with Gasteiger partial charge >= 0.3 is 7.82 Å². The van der Waals surface area contributed by atoms with Gasteiger partial charge in [-0.25, -0.2) is 4.57 Å². The smallest absolute Gasteiger partial charge is 0.382 e. The maximum absolute atomic E-state index is 10.8. The Kier molecular flexibility index (Phi) is 10.2. The SMILES string of the molecule is COCCOCCOCCOP(=O)(O)OC. The molecule has 0 aromatic carbocycles. The van der Waals surface area contributed by atoms with E-state index in [0.29, 0.717) is 26.4 Å². The summed E-state index contributed by atoms with van der Waals surface area (Å²) >= 11 is 0. The Morgan fingerprint density at radius 2 is 1.44 bits per heavy atom. The van der Waals surface area contributed by atoms with Crippen molar-refractivity contribution < 1.29 is 32.7 Å². The Morgan fingerprint density at radius 1 is 0.938 bits per heavy atom. The molecule has 0 radical (unpaired) electrons. The van der Waals surface area contributed by atoms with Gasteiger partial charge in [-0.1, -0.05) is 0 Å². The third-order valence-electron chi connectivity index (χ3n) is 1.52. The fourth-order valence-electron chi connectivity index (χ4n) is 0.728. The molecule has 7 nitrogen and oxygen atoms in total. The van der Waals surface area contributed by atoms with Crippen molar-refractivity contribution in [3.8, 4) is 0 Å². The van der Waals surface area contributed by atoms with Crippen LogP contribution >= 0.6 is 7.82 Å². The van der Waals surface area contributed by atoms with Gasteiger partial charge in [0.05, 0.1) is 39.6 Å². The van der Waals surface area contributed by atoms with E-state index in [1.165, 1.54) is 0 Å². The molecule has 0 aliphatic carbocycles. The van der Waals surface area contributed by atoms with Crippen molar-refractivity contribution in [3.63, 3.8) is 0 Å². The van der Waals surface area contributed by atoms with Crippen LogP contribution in [0.1, 0.15) is 0 Å². The zero-order valence-electron chi connectivity index (χ0n) is 9.59. The molecule has 1 N–H and O–H groups in total. The van der Waals surface area contributed by atoms with Crippen molar-refractivity contribution in [2.24, 2.45) is 0 Å². The Bertz CT molecular complexity index is 199. The minimum Gasteiger partial charge on any atom is -0.382 e. The van der Waals surface area contributed by atoms with Crippen molar-refractivity contribution in [1.29, 1.82) is 0 Å². The van der Waals surface area contributed by atoms with E-state index in [1.54, 1.807) is 7.11 Å². The molecular weight excluding hydrogens is 239 g/mol. The van der Waals surface area contributed by atoms with Gasteiger partial charge in [0.2, 0.25) is 0 Å². The Labute approximate surface area is 95.2 Å². The van der Waals surface area contributed by atoms with Crippen molar-refractivity contribution in [2.45, 2.75) is 0 Å². The van der Waals surface area contributed by atoms with E-state index in [-0.39, 0.29) is 13.2 Å². The Morgan fingerprint density at radius 3 is 1.94 bits per heavy atom. The van der Waals surface area contributed by atoms with Crippen molar-refractivity contribution in [1.82, 2.24) is 0 Å². The molecule has 0 aromatic rings. The molecule has 0 spiro atoms. The molecule has 0 aliphatic heterocycles. The average molecular weight is 258 g/mol. The number of rotatable bonds is 11. The molecule has 0 saturated carbocycles. The van der Waals surface area contributed by atoms with E-state index in [2.05, 4.69) is 9.05 Å². The minimum absolute atomic E-state index is 0.000309. The largest absolute Gasteiger partial charge is 0.471 e. The van der Waals surface area contributed by atoms with E-state index in [0.717, 1.165) is 7.11 Å². The van der Waals surface area contributed by atoms with Crippen LogP contribution in [-0.2, 0) is 27.8 Å². The van der Waals surface area contributed by atoms with Crippen LogP contribution in [0.25, 0.3) is 0 Å². The van der Waals surface area contributed by atoms with Gasteiger partial charge in [0.25, 0.3) is 0 Å². The predicted octanol–water partition coefficient (Wildman–Crippen LogP) is 0.429. The topological polar surface area (TPSA) is 83.5 Å². The predicted molar refractivity (Wildman–Crippen MR) is 56.3 cm³/mol. The molecule has 0 aromatic heterocycles. The van der Waals surface area contributed by atoms with Gasteiger partial charge in [0.15, 0.2) is 0 Å². The van der Waals surface area contributed by atoms with Gasteiger partial charge in [0.1, 0.15) is 0 Å². The highest BCUT2D eigenvalue weighted by Crippen LogP contribution is 2.41. The van der Waals surface area contributed by atoms with Gasteiger partial charge in [-0.05, 0) is 0 Å². The zero-order chi connectivity index (χ0) is 12.3.